The van der Waals surface area contributed by atoms with Crippen LogP contribution in [-0.2, 0) is 11.2 Å². The van der Waals surface area contributed by atoms with E-state index in [4.69, 9.17) is 0 Å². The number of hydrogen-bond acceptors (Lipinski definition) is 4. The second kappa shape index (κ2) is 6.14. The highest BCUT2D eigenvalue weighted by molar-refractivity contribution is 7.09. The maximum Gasteiger partial charge on any atom is 0.320 e. The van der Waals surface area contributed by atoms with Crippen molar-refractivity contribution in [1.82, 2.24) is 10.2 Å². The van der Waals surface area contributed by atoms with Crippen LogP contribution in [0.5, 0.6) is 0 Å². The Morgan fingerprint density at radius 2 is 2.29 bits per heavy atom. The van der Waals surface area contributed by atoms with Crippen molar-refractivity contribution in [2.45, 2.75) is 18.9 Å². The van der Waals surface area contributed by atoms with Crippen molar-refractivity contribution in [3.8, 4) is 0 Å². The van der Waals surface area contributed by atoms with Crippen LogP contribution in [0.3, 0.4) is 0 Å². The lowest BCUT2D eigenvalue weighted by Gasteiger charge is -2.32. The highest BCUT2D eigenvalue weighted by Crippen LogP contribution is 2.15. The first-order chi connectivity index (χ1) is 8.27. The van der Waals surface area contributed by atoms with Gasteiger partial charge in [-0.05, 0) is 24.3 Å². The predicted octanol–water partition coefficient (Wildman–Crippen LogP) is 1.04. The number of piperazine rings is 1. The van der Waals surface area contributed by atoms with E-state index in [2.05, 4.69) is 16.3 Å². The van der Waals surface area contributed by atoms with E-state index in [1.54, 1.807) is 11.3 Å². The lowest BCUT2D eigenvalue weighted by Crippen LogP contribution is -2.51. The maximum atomic E-state index is 11.3. The van der Waals surface area contributed by atoms with Gasteiger partial charge < -0.3 is 10.4 Å². The summed E-state index contributed by atoms with van der Waals surface area (Å²) in [6.45, 7) is 3.45. The molecule has 4 nitrogen and oxygen atoms in total. The molecule has 94 valence electrons. The summed E-state index contributed by atoms with van der Waals surface area (Å²) in [6, 6.07) is 3.75. The third-order valence-electron chi connectivity index (χ3n) is 3.12. The van der Waals surface area contributed by atoms with Crippen molar-refractivity contribution < 1.29 is 9.90 Å². The van der Waals surface area contributed by atoms with Crippen LogP contribution in [-0.4, -0.2) is 48.2 Å². The minimum Gasteiger partial charge on any atom is -0.480 e. The van der Waals surface area contributed by atoms with Gasteiger partial charge in [0.05, 0.1) is 0 Å². The Balaban J connectivity index is 1.90. The van der Waals surface area contributed by atoms with Crippen molar-refractivity contribution in [2.75, 3.05) is 26.2 Å². The van der Waals surface area contributed by atoms with Gasteiger partial charge in [0, 0.05) is 31.1 Å². The zero-order chi connectivity index (χ0) is 12.1. The zero-order valence-electron chi connectivity index (χ0n) is 9.76. The molecular weight excluding hydrogens is 236 g/mol. The summed E-state index contributed by atoms with van der Waals surface area (Å²) in [5, 5.41) is 14.6. The van der Waals surface area contributed by atoms with E-state index in [0.717, 1.165) is 32.6 Å². The SMILES string of the molecule is O=C(O)C(CCc1cccs1)N1CCNCC1. The fourth-order valence-corrected chi connectivity index (χ4v) is 2.91. The van der Waals surface area contributed by atoms with E-state index < -0.39 is 5.97 Å². The molecule has 0 aromatic carbocycles. The van der Waals surface area contributed by atoms with Crippen LogP contribution in [0.2, 0.25) is 0 Å². The van der Waals surface area contributed by atoms with Crippen LogP contribution in [0.4, 0.5) is 0 Å². The van der Waals surface area contributed by atoms with Gasteiger partial charge >= 0.3 is 5.97 Å². The van der Waals surface area contributed by atoms with Crippen molar-refractivity contribution in [3.63, 3.8) is 0 Å². The van der Waals surface area contributed by atoms with E-state index in [1.807, 2.05) is 11.4 Å². The molecule has 1 aliphatic heterocycles. The molecule has 0 amide bonds. The van der Waals surface area contributed by atoms with Gasteiger partial charge in [0.25, 0.3) is 0 Å². The van der Waals surface area contributed by atoms with Gasteiger partial charge in [-0.2, -0.15) is 0 Å². The van der Waals surface area contributed by atoms with Gasteiger partial charge in [0.1, 0.15) is 6.04 Å². The van der Waals surface area contributed by atoms with Gasteiger partial charge in [0.2, 0.25) is 0 Å². The van der Waals surface area contributed by atoms with Crippen LogP contribution in [0.1, 0.15) is 11.3 Å². The van der Waals surface area contributed by atoms with Crippen LogP contribution >= 0.6 is 11.3 Å². The first kappa shape index (κ1) is 12.5. The summed E-state index contributed by atoms with van der Waals surface area (Å²) in [5.41, 5.74) is 0. The molecule has 1 fully saturated rings. The van der Waals surface area contributed by atoms with E-state index in [-0.39, 0.29) is 6.04 Å². The average molecular weight is 254 g/mol. The lowest BCUT2D eigenvalue weighted by molar-refractivity contribution is -0.143. The van der Waals surface area contributed by atoms with Gasteiger partial charge in [0.15, 0.2) is 0 Å². The normalized spacial score (nSPS) is 19.1. The minimum absolute atomic E-state index is 0.334. The largest absolute Gasteiger partial charge is 0.480 e. The molecule has 0 spiro atoms. The Kier molecular flexibility index (Phi) is 4.53. The molecular formula is C12H18N2O2S. The summed E-state index contributed by atoms with van der Waals surface area (Å²) in [4.78, 5) is 14.6. The number of aliphatic carboxylic acids is 1. The molecule has 2 N–H and O–H groups in total. The van der Waals surface area contributed by atoms with Gasteiger partial charge in [-0.15, -0.1) is 11.3 Å². The van der Waals surface area contributed by atoms with Gasteiger partial charge in [-0.3, -0.25) is 9.69 Å². The van der Waals surface area contributed by atoms with Crippen molar-refractivity contribution >= 4 is 17.3 Å². The molecule has 1 unspecified atom stereocenters. The van der Waals surface area contributed by atoms with Gasteiger partial charge in [-0.25, -0.2) is 0 Å². The Morgan fingerprint density at radius 3 is 2.88 bits per heavy atom. The molecule has 2 heterocycles. The second-order valence-corrected chi connectivity index (χ2v) is 5.29. The average Bonchev–Trinajstić information content (AvgIpc) is 2.83. The van der Waals surface area contributed by atoms with Gasteiger partial charge in [-0.1, -0.05) is 6.07 Å². The summed E-state index contributed by atoms with van der Waals surface area (Å²) in [5.74, 6) is -0.691. The van der Waals surface area contributed by atoms with Crippen molar-refractivity contribution in [2.24, 2.45) is 0 Å². The number of aryl methyl sites for hydroxylation is 1. The summed E-state index contributed by atoms with van der Waals surface area (Å²) < 4.78 is 0. The van der Waals surface area contributed by atoms with E-state index in [9.17, 15) is 9.90 Å². The number of rotatable bonds is 5. The van der Waals surface area contributed by atoms with Crippen LogP contribution in [0.25, 0.3) is 0 Å². The standard InChI is InChI=1S/C12H18N2O2S/c15-12(16)11(14-7-5-13-6-8-14)4-3-10-2-1-9-17-10/h1-2,9,11,13H,3-8H2,(H,15,16). The molecule has 5 heteroatoms. The molecule has 0 saturated carbocycles. The monoisotopic (exact) mass is 254 g/mol. The van der Waals surface area contributed by atoms with Crippen LogP contribution < -0.4 is 5.32 Å². The topological polar surface area (TPSA) is 52.6 Å². The molecule has 1 saturated heterocycles. The number of nitrogens with zero attached hydrogens (tertiary/aromatic N) is 1. The first-order valence-electron chi connectivity index (χ1n) is 5.97. The van der Waals surface area contributed by atoms with Crippen molar-refractivity contribution in [1.29, 1.82) is 0 Å². The Hall–Kier alpha value is -0.910. The first-order valence-corrected chi connectivity index (χ1v) is 6.85. The fourth-order valence-electron chi connectivity index (χ4n) is 2.19. The van der Waals surface area contributed by atoms with Crippen LogP contribution in [0.15, 0.2) is 17.5 Å². The number of thiophene rings is 1. The molecule has 2 rings (SSSR count). The Morgan fingerprint density at radius 1 is 1.53 bits per heavy atom. The highest BCUT2D eigenvalue weighted by Gasteiger charge is 2.26. The highest BCUT2D eigenvalue weighted by atomic mass is 32.1. The fraction of sp³-hybridized carbons (Fsp3) is 0.583. The summed E-state index contributed by atoms with van der Waals surface area (Å²) in [7, 11) is 0. The molecule has 17 heavy (non-hydrogen) atoms. The second-order valence-electron chi connectivity index (χ2n) is 4.26. The van der Waals surface area contributed by atoms with Crippen LogP contribution in [0, 0.1) is 0 Å². The number of carbonyl (C=O) groups is 1. The van der Waals surface area contributed by atoms with E-state index >= 15 is 0 Å². The molecule has 1 aliphatic rings. The zero-order valence-corrected chi connectivity index (χ0v) is 10.6. The molecule has 1 aromatic heterocycles. The molecule has 0 bridgehead atoms. The molecule has 1 aromatic rings. The number of nitrogens with one attached hydrogen (secondary N) is 1. The van der Waals surface area contributed by atoms with E-state index in [0.29, 0.717) is 6.42 Å². The smallest absolute Gasteiger partial charge is 0.320 e. The third kappa shape index (κ3) is 3.52. The van der Waals surface area contributed by atoms with E-state index in [1.165, 1.54) is 4.88 Å². The summed E-state index contributed by atoms with van der Waals surface area (Å²) in [6.07, 6.45) is 1.56. The number of carboxylic acid groups (broad SMARTS) is 1. The maximum absolute atomic E-state index is 11.3. The van der Waals surface area contributed by atoms with Crippen molar-refractivity contribution in [3.05, 3.63) is 22.4 Å². The molecule has 1 atom stereocenters. The lowest BCUT2D eigenvalue weighted by atomic mass is 10.1. The predicted molar refractivity (Wildman–Crippen MR) is 68.5 cm³/mol. The Labute approximate surface area is 105 Å². The quantitative estimate of drug-likeness (QED) is 0.824. The minimum atomic E-state index is -0.691. The summed E-state index contributed by atoms with van der Waals surface area (Å²) >= 11 is 1.70. The number of carboxylic acids is 1. The third-order valence-corrected chi connectivity index (χ3v) is 4.06. The Bertz CT molecular complexity index is 347. The molecule has 0 aliphatic carbocycles. The number of hydrogen-bond donors (Lipinski definition) is 2. The molecule has 0 radical (unpaired) electrons.